The van der Waals surface area contributed by atoms with Gasteiger partial charge >= 0.3 is 0 Å². The van der Waals surface area contributed by atoms with E-state index in [2.05, 4.69) is 19.9 Å². The molecule has 3 atom stereocenters. The van der Waals surface area contributed by atoms with Crippen molar-refractivity contribution in [1.82, 2.24) is 4.90 Å². The van der Waals surface area contributed by atoms with Crippen LogP contribution in [0.15, 0.2) is 48.5 Å². The molecule has 2 aromatic rings. The van der Waals surface area contributed by atoms with Gasteiger partial charge in [0.2, 0.25) is 0 Å². The first-order valence-electron chi connectivity index (χ1n) is 10.1. The predicted molar refractivity (Wildman–Crippen MR) is 111 cm³/mol. The highest BCUT2D eigenvalue weighted by Crippen LogP contribution is 2.43. The molecule has 4 nitrogen and oxygen atoms in total. The van der Waals surface area contributed by atoms with Crippen molar-refractivity contribution in [2.45, 2.75) is 32.3 Å². The summed E-state index contributed by atoms with van der Waals surface area (Å²) >= 11 is 0. The van der Waals surface area contributed by atoms with E-state index in [4.69, 9.17) is 9.47 Å². The second-order valence-corrected chi connectivity index (χ2v) is 8.30. The molecule has 0 bridgehead atoms. The minimum absolute atomic E-state index is 0.0161. The molecule has 1 aliphatic heterocycles. The van der Waals surface area contributed by atoms with Crippen LogP contribution in [0.3, 0.4) is 0 Å². The van der Waals surface area contributed by atoms with E-state index in [1.54, 1.807) is 14.1 Å². The molecule has 0 N–H and O–H groups in total. The molecule has 5 heteroatoms. The smallest absolute Gasteiger partial charge is 0.259 e. The van der Waals surface area contributed by atoms with Crippen LogP contribution in [0.5, 0.6) is 5.75 Å². The average Bonchev–Trinajstić information content (AvgIpc) is 2.72. The monoisotopic (exact) mass is 399 g/mol. The normalized spacial score (nSPS) is 21.8. The number of hydrogen-bond donors (Lipinski definition) is 0. The highest BCUT2D eigenvalue weighted by molar-refractivity contribution is 5.77. The van der Waals surface area contributed by atoms with E-state index in [0.29, 0.717) is 24.2 Å². The molecule has 3 rings (SSSR count). The van der Waals surface area contributed by atoms with Gasteiger partial charge in [-0.15, -0.1) is 0 Å². The zero-order chi connectivity index (χ0) is 21.0. The van der Waals surface area contributed by atoms with Crippen molar-refractivity contribution in [1.29, 1.82) is 0 Å². The second kappa shape index (κ2) is 9.40. The summed E-state index contributed by atoms with van der Waals surface area (Å²) in [5, 5.41) is 0. The summed E-state index contributed by atoms with van der Waals surface area (Å²) in [6.45, 7) is 5.04. The first-order valence-corrected chi connectivity index (χ1v) is 10.1. The fourth-order valence-electron chi connectivity index (χ4n) is 3.85. The minimum Gasteiger partial charge on any atom is -0.484 e. The van der Waals surface area contributed by atoms with E-state index in [1.165, 1.54) is 17.0 Å². The van der Waals surface area contributed by atoms with E-state index in [-0.39, 0.29) is 30.4 Å². The Labute approximate surface area is 172 Å². The fraction of sp³-hybridized carbons (Fsp3) is 0.458. The Morgan fingerprint density at radius 3 is 2.55 bits per heavy atom. The van der Waals surface area contributed by atoms with Crippen LogP contribution in [-0.4, -0.2) is 38.1 Å². The fourth-order valence-corrected chi connectivity index (χ4v) is 3.85. The average molecular weight is 400 g/mol. The van der Waals surface area contributed by atoms with Crippen LogP contribution < -0.4 is 4.74 Å². The summed E-state index contributed by atoms with van der Waals surface area (Å²) in [6, 6.07) is 14.6. The second-order valence-electron chi connectivity index (χ2n) is 8.30. The number of rotatable bonds is 6. The number of carbonyl (C=O) groups is 1. The zero-order valence-electron chi connectivity index (χ0n) is 17.6. The number of carbonyl (C=O) groups excluding carboxylic acids is 1. The molecule has 0 spiro atoms. The largest absolute Gasteiger partial charge is 0.484 e. The summed E-state index contributed by atoms with van der Waals surface area (Å²) in [6.07, 6.45) is 0.956. The number of nitrogens with zero attached hydrogens (tertiary/aromatic N) is 1. The van der Waals surface area contributed by atoms with Crippen LogP contribution in [0.1, 0.15) is 43.4 Å². The first-order chi connectivity index (χ1) is 13.8. The maximum absolute atomic E-state index is 13.3. The number of likely N-dealkylation sites (N-methyl/N-ethyl adjacent to an activating group) is 1. The number of ether oxygens (including phenoxy) is 2. The predicted octanol–water partition coefficient (Wildman–Crippen LogP) is 4.81. The van der Waals surface area contributed by atoms with E-state index >= 15 is 0 Å². The molecule has 2 aromatic carbocycles. The van der Waals surface area contributed by atoms with Crippen LogP contribution in [-0.2, 0) is 9.53 Å². The summed E-state index contributed by atoms with van der Waals surface area (Å²) in [5.74, 6) is 1.40. The number of halogens is 1. The molecule has 1 fully saturated rings. The molecule has 0 saturated carbocycles. The Morgan fingerprint density at radius 1 is 1.17 bits per heavy atom. The molecule has 0 radical (unpaired) electrons. The third-order valence-electron chi connectivity index (χ3n) is 5.67. The highest BCUT2D eigenvalue weighted by atomic mass is 19.1. The summed E-state index contributed by atoms with van der Waals surface area (Å²) < 4.78 is 25.3. The highest BCUT2D eigenvalue weighted by Gasteiger charge is 2.35. The van der Waals surface area contributed by atoms with Gasteiger partial charge in [0.25, 0.3) is 5.91 Å². The third kappa shape index (κ3) is 5.36. The van der Waals surface area contributed by atoms with Crippen molar-refractivity contribution in [3.8, 4) is 5.75 Å². The Balaban J connectivity index is 1.73. The van der Waals surface area contributed by atoms with Crippen molar-refractivity contribution < 1.29 is 18.7 Å². The molecule has 0 aromatic heterocycles. The van der Waals surface area contributed by atoms with E-state index in [9.17, 15) is 9.18 Å². The van der Waals surface area contributed by atoms with Gasteiger partial charge in [-0.25, -0.2) is 4.39 Å². The van der Waals surface area contributed by atoms with E-state index in [1.807, 2.05) is 30.3 Å². The lowest BCUT2D eigenvalue weighted by molar-refractivity contribution is -0.130. The van der Waals surface area contributed by atoms with Crippen LogP contribution in [0.25, 0.3) is 0 Å². The van der Waals surface area contributed by atoms with Gasteiger partial charge in [0.05, 0.1) is 12.7 Å². The topological polar surface area (TPSA) is 38.8 Å². The van der Waals surface area contributed by atoms with Crippen LogP contribution in [0.2, 0.25) is 0 Å². The van der Waals surface area contributed by atoms with Gasteiger partial charge in [-0.3, -0.25) is 4.79 Å². The van der Waals surface area contributed by atoms with Gasteiger partial charge in [-0.05, 0) is 53.6 Å². The minimum atomic E-state index is -0.215. The SMILES string of the molecule is CC(C)[C@@H]1C[C@H](c2ccc(F)cc2)CO[C@H]1c1cccc(OCC(=O)N(C)C)c1. The van der Waals surface area contributed by atoms with E-state index in [0.717, 1.165) is 17.5 Å². The van der Waals surface area contributed by atoms with Crippen molar-refractivity contribution in [3.05, 3.63) is 65.5 Å². The molecule has 1 heterocycles. The molecule has 1 saturated heterocycles. The van der Waals surface area contributed by atoms with Crippen molar-refractivity contribution >= 4 is 5.91 Å². The van der Waals surface area contributed by atoms with Gasteiger partial charge in [0.1, 0.15) is 11.6 Å². The Hall–Kier alpha value is -2.40. The van der Waals surface area contributed by atoms with Gasteiger partial charge in [-0.1, -0.05) is 38.1 Å². The summed E-state index contributed by atoms with van der Waals surface area (Å²) in [4.78, 5) is 13.3. The van der Waals surface area contributed by atoms with E-state index < -0.39 is 0 Å². The molecule has 0 unspecified atom stereocenters. The lowest BCUT2D eigenvalue weighted by atomic mass is 9.76. The van der Waals surface area contributed by atoms with Gasteiger partial charge in [-0.2, -0.15) is 0 Å². The van der Waals surface area contributed by atoms with Gasteiger partial charge < -0.3 is 14.4 Å². The Bertz CT molecular complexity index is 819. The van der Waals surface area contributed by atoms with Crippen molar-refractivity contribution in [2.24, 2.45) is 11.8 Å². The van der Waals surface area contributed by atoms with Crippen LogP contribution >= 0.6 is 0 Å². The maximum Gasteiger partial charge on any atom is 0.259 e. The molecule has 156 valence electrons. The molecule has 1 aliphatic rings. The van der Waals surface area contributed by atoms with Crippen molar-refractivity contribution in [2.75, 3.05) is 27.3 Å². The summed E-state index contributed by atoms with van der Waals surface area (Å²) in [5.41, 5.74) is 2.19. The molecule has 0 aliphatic carbocycles. The zero-order valence-corrected chi connectivity index (χ0v) is 17.6. The van der Waals surface area contributed by atoms with Crippen molar-refractivity contribution in [3.63, 3.8) is 0 Å². The third-order valence-corrected chi connectivity index (χ3v) is 5.67. The lowest BCUT2D eigenvalue weighted by Gasteiger charge is -2.39. The van der Waals surface area contributed by atoms with Crippen LogP contribution in [0, 0.1) is 17.7 Å². The molecular weight excluding hydrogens is 369 g/mol. The molecular formula is C24H30FNO3. The quantitative estimate of drug-likeness (QED) is 0.700. The number of hydrogen-bond acceptors (Lipinski definition) is 3. The Morgan fingerprint density at radius 2 is 1.90 bits per heavy atom. The number of benzene rings is 2. The molecule has 1 amide bonds. The van der Waals surface area contributed by atoms with Gasteiger partial charge in [0.15, 0.2) is 6.61 Å². The number of amides is 1. The lowest BCUT2D eigenvalue weighted by Crippen LogP contribution is -2.31. The van der Waals surface area contributed by atoms with Crippen LogP contribution in [0.4, 0.5) is 4.39 Å². The maximum atomic E-state index is 13.3. The standard InChI is InChI=1S/C24H30FNO3/c1-16(2)22-13-19(17-8-10-20(25)11-9-17)14-29-24(22)18-6-5-7-21(12-18)28-15-23(27)26(3)4/h5-12,16,19,22,24H,13-15H2,1-4H3/t19-,22-,24-/m0/s1. The van der Waals surface area contributed by atoms with Gasteiger partial charge in [0, 0.05) is 20.0 Å². The first kappa shape index (κ1) is 21.3. The summed E-state index contributed by atoms with van der Waals surface area (Å²) in [7, 11) is 3.42. The molecule has 29 heavy (non-hydrogen) atoms. The Kier molecular flexibility index (Phi) is 6.91.